The highest BCUT2D eigenvalue weighted by molar-refractivity contribution is 5.97. The van der Waals surface area contributed by atoms with Crippen LogP contribution in [0.5, 0.6) is 0 Å². The molecule has 0 spiro atoms. The smallest absolute Gasteiger partial charge is 0.307 e. The van der Waals surface area contributed by atoms with Crippen molar-refractivity contribution in [1.82, 2.24) is 0 Å². The number of aliphatic carboxylic acids is 1. The Morgan fingerprint density at radius 3 is 2.52 bits per heavy atom. The van der Waals surface area contributed by atoms with E-state index in [2.05, 4.69) is 5.32 Å². The number of para-hydroxylation sites is 1. The fourth-order valence-corrected chi connectivity index (χ4v) is 3.42. The fourth-order valence-electron chi connectivity index (χ4n) is 3.42. The van der Waals surface area contributed by atoms with Crippen LogP contribution < -0.4 is 5.32 Å². The number of carbonyl (C=O) groups excluding carboxylic acids is 1. The number of hydrogen-bond acceptors (Lipinski definition) is 3. The molecule has 1 fully saturated rings. The Morgan fingerprint density at radius 1 is 1.19 bits per heavy atom. The van der Waals surface area contributed by atoms with Gasteiger partial charge in [0.15, 0.2) is 0 Å². The van der Waals surface area contributed by atoms with Crippen molar-refractivity contribution in [3.05, 3.63) is 42.0 Å². The zero-order valence-corrected chi connectivity index (χ0v) is 11.2. The van der Waals surface area contributed by atoms with E-state index >= 15 is 0 Å². The van der Waals surface area contributed by atoms with Crippen LogP contribution in [0, 0.1) is 35.0 Å². The maximum absolute atomic E-state index is 12.5. The van der Waals surface area contributed by atoms with Gasteiger partial charge >= 0.3 is 5.97 Å². The van der Waals surface area contributed by atoms with Crippen molar-refractivity contribution in [2.45, 2.75) is 6.42 Å². The Bertz CT molecular complexity index is 674. The van der Waals surface area contributed by atoms with E-state index in [1.54, 1.807) is 24.3 Å². The number of fused-ring (bicyclic) bond motifs is 2. The molecule has 1 aromatic rings. The Hall–Kier alpha value is -2.61. The molecule has 1 aromatic carbocycles. The number of carbonyl (C=O) groups is 2. The van der Waals surface area contributed by atoms with E-state index in [0.29, 0.717) is 11.3 Å². The van der Waals surface area contributed by atoms with Gasteiger partial charge in [0.05, 0.1) is 23.1 Å². The van der Waals surface area contributed by atoms with Crippen molar-refractivity contribution in [3.8, 4) is 6.07 Å². The number of carboxylic acids is 1. The number of nitriles is 1. The first kappa shape index (κ1) is 13.4. The number of carboxylic acid groups (broad SMARTS) is 1. The maximum Gasteiger partial charge on any atom is 0.307 e. The van der Waals surface area contributed by atoms with E-state index in [1.165, 1.54) is 0 Å². The molecule has 106 valence electrons. The molecule has 0 aliphatic heterocycles. The SMILES string of the molecule is N#Cc1ccccc1NC(=O)[C@@H]1[C@@H](C(=O)O)[C@H]2C=C[C@H]1C2. The average Bonchev–Trinajstić information content (AvgIpc) is 3.08. The molecular formula is C16H14N2O3. The van der Waals surface area contributed by atoms with Gasteiger partial charge in [-0.1, -0.05) is 24.3 Å². The van der Waals surface area contributed by atoms with Crippen LogP contribution in [0.25, 0.3) is 0 Å². The predicted molar refractivity (Wildman–Crippen MR) is 75.1 cm³/mol. The number of allylic oxidation sites excluding steroid dienone is 2. The van der Waals surface area contributed by atoms with Crippen LogP contribution in [0.4, 0.5) is 5.69 Å². The van der Waals surface area contributed by atoms with Gasteiger partial charge in [-0.05, 0) is 30.4 Å². The largest absolute Gasteiger partial charge is 0.481 e. The molecule has 0 aromatic heterocycles. The van der Waals surface area contributed by atoms with Gasteiger partial charge in [-0.3, -0.25) is 9.59 Å². The van der Waals surface area contributed by atoms with Gasteiger partial charge in [-0.25, -0.2) is 0 Å². The molecule has 0 unspecified atom stereocenters. The average molecular weight is 282 g/mol. The summed E-state index contributed by atoms with van der Waals surface area (Å²) in [7, 11) is 0. The second kappa shape index (κ2) is 5.06. The minimum Gasteiger partial charge on any atom is -0.481 e. The topological polar surface area (TPSA) is 90.2 Å². The van der Waals surface area contributed by atoms with E-state index < -0.39 is 17.8 Å². The van der Waals surface area contributed by atoms with E-state index in [-0.39, 0.29) is 17.7 Å². The number of amides is 1. The van der Waals surface area contributed by atoms with Gasteiger partial charge < -0.3 is 10.4 Å². The molecule has 0 heterocycles. The normalized spacial score (nSPS) is 29.1. The molecule has 2 aliphatic rings. The summed E-state index contributed by atoms with van der Waals surface area (Å²) in [6.07, 6.45) is 4.55. The van der Waals surface area contributed by atoms with Crippen LogP contribution in [0.15, 0.2) is 36.4 Å². The van der Waals surface area contributed by atoms with Gasteiger partial charge in [-0.15, -0.1) is 0 Å². The number of hydrogen-bond donors (Lipinski definition) is 2. The first-order valence-corrected chi connectivity index (χ1v) is 6.83. The van der Waals surface area contributed by atoms with Gasteiger partial charge in [0.1, 0.15) is 6.07 Å². The van der Waals surface area contributed by atoms with Crippen LogP contribution in [-0.2, 0) is 9.59 Å². The number of rotatable bonds is 3. The second-order valence-electron chi connectivity index (χ2n) is 5.48. The summed E-state index contributed by atoms with van der Waals surface area (Å²) >= 11 is 0. The quantitative estimate of drug-likeness (QED) is 0.830. The summed E-state index contributed by atoms with van der Waals surface area (Å²) in [5.74, 6) is -2.57. The lowest BCUT2D eigenvalue weighted by molar-refractivity contribution is -0.146. The molecule has 0 saturated heterocycles. The van der Waals surface area contributed by atoms with Crippen molar-refractivity contribution in [3.63, 3.8) is 0 Å². The lowest BCUT2D eigenvalue weighted by Crippen LogP contribution is -2.36. The van der Waals surface area contributed by atoms with Gasteiger partial charge in [0.2, 0.25) is 5.91 Å². The second-order valence-corrected chi connectivity index (χ2v) is 5.48. The third-order valence-electron chi connectivity index (χ3n) is 4.35. The Kier molecular flexibility index (Phi) is 3.22. The Balaban J connectivity index is 1.84. The van der Waals surface area contributed by atoms with Gasteiger partial charge in [0.25, 0.3) is 0 Å². The predicted octanol–water partition coefficient (Wildman–Crippen LogP) is 2.02. The van der Waals surface area contributed by atoms with Gasteiger partial charge in [0, 0.05) is 0 Å². The fraction of sp³-hybridized carbons (Fsp3) is 0.312. The maximum atomic E-state index is 12.5. The summed E-state index contributed by atoms with van der Waals surface area (Å²) in [5, 5.41) is 21.1. The summed E-state index contributed by atoms with van der Waals surface area (Å²) in [5.41, 5.74) is 0.803. The third-order valence-corrected chi connectivity index (χ3v) is 4.35. The molecule has 21 heavy (non-hydrogen) atoms. The Morgan fingerprint density at radius 2 is 1.86 bits per heavy atom. The zero-order valence-electron chi connectivity index (χ0n) is 11.2. The summed E-state index contributed by atoms with van der Waals surface area (Å²) in [4.78, 5) is 23.9. The highest BCUT2D eigenvalue weighted by atomic mass is 16.4. The zero-order chi connectivity index (χ0) is 15.0. The van der Waals surface area contributed by atoms with Crippen molar-refractivity contribution >= 4 is 17.6 Å². The molecule has 4 atom stereocenters. The molecule has 1 amide bonds. The summed E-state index contributed by atoms with van der Waals surface area (Å²) in [6.45, 7) is 0. The van der Waals surface area contributed by atoms with E-state index in [4.69, 9.17) is 5.26 Å². The van der Waals surface area contributed by atoms with E-state index in [1.807, 2.05) is 18.2 Å². The number of benzene rings is 1. The third kappa shape index (κ3) is 2.19. The molecule has 2 N–H and O–H groups in total. The van der Waals surface area contributed by atoms with E-state index in [0.717, 1.165) is 6.42 Å². The molecule has 1 saturated carbocycles. The Labute approximate surface area is 121 Å². The van der Waals surface area contributed by atoms with Crippen LogP contribution >= 0.6 is 0 Å². The highest BCUT2D eigenvalue weighted by Crippen LogP contribution is 2.48. The molecular weight excluding hydrogens is 268 g/mol. The number of nitrogens with zero attached hydrogens (tertiary/aromatic N) is 1. The van der Waals surface area contributed by atoms with Crippen molar-refractivity contribution in [1.29, 1.82) is 5.26 Å². The summed E-state index contributed by atoms with van der Waals surface area (Å²) in [6, 6.07) is 8.72. The van der Waals surface area contributed by atoms with Crippen LogP contribution in [0.1, 0.15) is 12.0 Å². The highest BCUT2D eigenvalue weighted by Gasteiger charge is 2.51. The lowest BCUT2D eigenvalue weighted by Gasteiger charge is -2.24. The molecule has 2 bridgehead atoms. The number of nitrogens with one attached hydrogen (secondary N) is 1. The van der Waals surface area contributed by atoms with Crippen molar-refractivity contribution in [2.75, 3.05) is 5.32 Å². The lowest BCUT2D eigenvalue weighted by atomic mass is 9.82. The molecule has 5 heteroatoms. The van der Waals surface area contributed by atoms with Crippen molar-refractivity contribution < 1.29 is 14.7 Å². The minimum absolute atomic E-state index is 0.0228. The summed E-state index contributed by atoms with van der Waals surface area (Å²) < 4.78 is 0. The van der Waals surface area contributed by atoms with E-state index in [9.17, 15) is 14.7 Å². The van der Waals surface area contributed by atoms with Crippen LogP contribution in [-0.4, -0.2) is 17.0 Å². The first-order valence-electron chi connectivity index (χ1n) is 6.83. The molecule has 3 rings (SSSR count). The van der Waals surface area contributed by atoms with Crippen LogP contribution in [0.3, 0.4) is 0 Å². The number of anilines is 1. The minimum atomic E-state index is -0.930. The van der Waals surface area contributed by atoms with Crippen LogP contribution in [0.2, 0.25) is 0 Å². The monoisotopic (exact) mass is 282 g/mol. The van der Waals surface area contributed by atoms with Crippen molar-refractivity contribution in [2.24, 2.45) is 23.7 Å². The first-order chi connectivity index (χ1) is 10.1. The molecule has 2 aliphatic carbocycles. The van der Waals surface area contributed by atoms with Gasteiger partial charge in [-0.2, -0.15) is 5.26 Å². The standard InChI is InChI=1S/C16H14N2O3/c17-8-11-3-1-2-4-12(11)18-15(19)13-9-5-6-10(7-9)14(13)16(20)21/h1-6,9-10,13-14H,7H2,(H,18,19)(H,20,21)/t9-,10-,13-,14-/m0/s1. The molecule has 0 radical (unpaired) electrons. The molecule has 5 nitrogen and oxygen atoms in total.